The first-order chi connectivity index (χ1) is 9.72. The first-order valence-electron chi connectivity index (χ1n) is 6.79. The van der Waals surface area contributed by atoms with Crippen LogP contribution in [0.1, 0.15) is 17.7 Å². The lowest BCUT2D eigenvalue weighted by atomic mass is 10.2. The van der Waals surface area contributed by atoms with Crippen LogP contribution in [0, 0.1) is 6.92 Å². The van der Waals surface area contributed by atoms with Gasteiger partial charge in [0.15, 0.2) is 5.75 Å². The highest BCUT2D eigenvalue weighted by Gasteiger charge is 2.08. The van der Waals surface area contributed by atoms with E-state index < -0.39 is 0 Å². The van der Waals surface area contributed by atoms with Crippen molar-refractivity contribution in [3.05, 3.63) is 64.1 Å². The van der Waals surface area contributed by atoms with Crippen molar-refractivity contribution in [2.24, 2.45) is 5.73 Å². The molecule has 0 aliphatic rings. The first-order valence-corrected chi connectivity index (χ1v) is 6.79. The van der Waals surface area contributed by atoms with E-state index >= 15 is 0 Å². The predicted octanol–water partition coefficient (Wildman–Crippen LogP) is 2.93. The quantitative estimate of drug-likeness (QED) is 0.876. The molecule has 2 aromatic rings. The van der Waals surface area contributed by atoms with Crippen LogP contribution in [0.15, 0.2) is 47.4 Å². The molecule has 122 valence electrons. The van der Waals surface area contributed by atoms with Gasteiger partial charge in [-0.25, -0.2) is 0 Å². The molecule has 0 fully saturated rings. The molecule has 0 spiro atoms. The Morgan fingerprint density at radius 3 is 2.45 bits per heavy atom. The summed E-state index contributed by atoms with van der Waals surface area (Å²) in [6.07, 6.45) is 2.67. The van der Waals surface area contributed by atoms with Gasteiger partial charge in [-0.15, -0.1) is 24.8 Å². The van der Waals surface area contributed by atoms with Crippen LogP contribution >= 0.6 is 24.8 Å². The Bertz CT molecular complexity index is 615. The van der Waals surface area contributed by atoms with Gasteiger partial charge < -0.3 is 15.0 Å². The number of nitrogens with two attached hydrogens (primary N) is 1. The van der Waals surface area contributed by atoms with Crippen LogP contribution in [-0.2, 0) is 13.2 Å². The Kier molecular flexibility index (Phi) is 9.58. The highest BCUT2D eigenvalue weighted by atomic mass is 35.5. The average Bonchev–Trinajstić information content (AvgIpc) is 2.47. The van der Waals surface area contributed by atoms with E-state index in [-0.39, 0.29) is 30.2 Å². The molecule has 0 atom stereocenters. The van der Waals surface area contributed by atoms with E-state index in [9.17, 15) is 4.79 Å². The Labute approximate surface area is 143 Å². The second-order valence-corrected chi connectivity index (χ2v) is 4.70. The lowest BCUT2D eigenvalue weighted by molar-refractivity contribution is 0.297. The van der Waals surface area contributed by atoms with Gasteiger partial charge in [0, 0.05) is 18.8 Å². The van der Waals surface area contributed by atoms with E-state index in [1.54, 1.807) is 12.3 Å². The summed E-state index contributed by atoms with van der Waals surface area (Å²) >= 11 is 0. The number of nitrogens with zero attached hydrogens (tertiary/aromatic N) is 1. The summed E-state index contributed by atoms with van der Waals surface area (Å²) in [5.74, 6) is 0.424. The topological polar surface area (TPSA) is 57.2 Å². The molecule has 0 aliphatic carbocycles. The number of benzene rings is 1. The molecule has 6 heteroatoms. The minimum absolute atomic E-state index is 0. The van der Waals surface area contributed by atoms with Crippen molar-refractivity contribution in [2.75, 3.05) is 6.54 Å². The summed E-state index contributed by atoms with van der Waals surface area (Å²) < 4.78 is 7.72. The number of ether oxygens (including phenoxy) is 1. The number of hydrogen-bond donors (Lipinski definition) is 1. The van der Waals surface area contributed by atoms with Crippen LogP contribution in [0.3, 0.4) is 0 Å². The molecule has 0 aliphatic heterocycles. The van der Waals surface area contributed by atoms with Gasteiger partial charge in [-0.3, -0.25) is 4.79 Å². The van der Waals surface area contributed by atoms with E-state index in [0.29, 0.717) is 18.9 Å². The monoisotopic (exact) mass is 344 g/mol. The molecular formula is C16H22Cl2N2O2. The molecule has 0 saturated carbocycles. The van der Waals surface area contributed by atoms with Crippen molar-refractivity contribution in [2.45, 2.75) is 26.5 Å². The number of aryl methyl sites for hydroxylation is 1. The lowest BCUT2D eigenvalue weighted by Gasteiger charge is -2.14. The fourth-order valence-corrected chi connectivity index (χ4v) is 2.06. The van der Waals surface area contributed by atoms with Gasteiger partial charge in [0.2, 0.25) is 5.43 Å². The molecule has 1 heterocycles. The minimum Gasteiger partial charge on any atom is -0.483 e. The van der Waals surface area contributed by atoms with Crippen LogP contribution in [0.2, 0.25) is 0 Å². The second-order valence-electron chi connectivity index (χ2n) is 4.70. The molecule has 0 amide bonds. The fourth-order valence-electron chi connectivity index (χ4n) is 2.06. The minimum atomic E-state index is -0.0811. The molecule has 2 rings (SSSR count). The van der Waals surface area contributed by atoms with Gasteiger partial charge in [0.05, 0.1) is 5.69 Å². The largest absolute Gasteiger partial charge is 0.483 e. The van der Waals surface area contributed by atoms with Gasteiger partial charge in [-0.2, -0.15) is 0 Å². The number of halogens is 2. The van der Waals surface area contributed by atoms with Crippen molar-refractivity contribution in [3.8, 4) is 5.75 Å². The molecule has 0 unspecified atom stereocenters. The molecule has 1 aromatic carbocycles. The lowest BCUT2D eigenvalue weighted by Crippen LogP contribution is -2.16. The summed E-state index contributed by atoms with van der Waals surface area (Å²) in [6.45, 7) is 3.73. The maximum Gasteiger partial charge on any atom is 0.223 e. The first kappa shape index (κ1) is 20.5. The maximum atomic E-state index is 11.9. The third kappa shape index (κ3) is 5.37. The van der Waals surface area contributed by atoms with Crippen molar-refractivity contribution < 1.29 is 4.74 Å². The highest BCUT2D eigenvalue weighted by molar-refractivity contribution is 5.85. The Morgan fingerprint density at radius 2 is 1.82 bits per heavy atom. The zero-order valence-corrected chi connectivity index (χ0v) is 14.2. The smallest absolute Gasteiger partial charge is 0.223 e. The zero-order chi connectivity index (χ0) is 14.4. The van der Waals surface area contributed by atoms with Gasteiger partial charge >= 0.3 is 0 Å². The van der Waals surface area contributed by atoms with E-state index in [1.165, 1.54) is 0 Å². The average molecular weight is 345 g/mol. The Balaban J connectivity index is 0.00000220. The van der Waals surface area contributed by atoms with E-state index in [2.05, 4.69) is 0 Å². The van der Waals surface area contributed by atoms with Gasteiger partial charge in [-0.05, 0) is 25.5 Å². The van der Waals surface area contributed by atoms with E-state index in [0.717, 1.165) is 24.2 Å². The summed E-state index contributed by atoms with van der Waals surface area (Å²) in [6, 6.07) is 11.4. The van der Waals surface area contributed by atoms with Crippen molar-refractivity contribution in [1.82, 2.24) is 4.57 Å². The maximum absolute atomic E-state index is 11.9. The summed E-state index contributed by atoms with van der Waals surface area (Å²) in [7, 11) is 0. The van der Waals surface area contributed by atoms with Crippen LogP contribution in [0.5, 0.6) is 5.75 Å². The highest BCUT2D eigenvalue weighted by Crippen LogP contribution is 2.14. The molecule has 22 heavy (non-hydrogen) atoms. The van der Waals surface area contributed by atoms with Crippen LogP contribution < -0.4 is 15.9 Å². The predicted molar refractivity (Wildman–Crippen MR) is 94.4 cm³/mol. The molecule has 2 N–H and O–H groups in total. The summed E-state index contributed by atoms with van der Waals surface area (Å²) in [5.41, 5.74) is 7.34. The van der Waals surface area contributed by atoms with Crippen molar-refractivity contribution in [1.29, 1.82) is 0 Å². The molecular weight excluding hydrogens is 323 g/mol. The molecule has 0 saturated heterocycles. The van der Waals surface area contributed by atoms with E-state index in [4.69, 9.17) is 10.5 Å². The van der Waals surface area contributed by atoms with Gasteiger partial charge in [0.25, 0.3) is 0 Å². The summed E-state index contributed by atoms with van der Waals surface area (Å²) in [4.78, 5) is 11.9. The fraction of sp³-hybridized carbons (Fsp3) is 0.312. The second kappa shape index (κ2) is 10.3. The number of aromatic nitrogens is 1. The zero-order valence-electron chi connectivity index (χ0n) is 12.5. The Hall–Kier alpha value is -1.49. The number of pyridine rings is 1. The van der Waals surface area contributed by atoms with Crippen LogP contribution in [0.4, 0.5) is 0 Å². The molecule has 4 nitrogen and oxygen atoms in total. The number of hydrogen-bond acceptors (Lipinski definition) is 3. The van der Waals surface area contributed by atoms with Gasteiger partial charge in [0.1, 0.15) is 6.61 Å². The molecule has 1 aromatic heterocycles. The van der Waals surface area contributed by atoms with Crippen LogP contribution in [0.25, 0.3) is 0 Å². The van der Waals surface area contributed by atoms with Crippen LogP contribution in [-0.4, -0.2) is 11.1 Å². The summed E-state index contributed by atoms with van der Waals surface area (Å²) in [5, 5.41) is 0. The van der Waals surface area contributed by atoms with E-state index in [1.807, 2.05) is 41.8 Å². The van der Waals surface area contributed by atoms with Crippen molar-refractivity contribution >= 4 is 24.8 Å². The molecule has 0 radical (unpaired) electrons. The number of rotatable bonds is 6. The van der Waals surface area contributed by atoms with Crippen molar-refractivity contribution in [3.63, 3.8) is 0 Å². The molecule has 0 bridgehead atoms. The third-order valence-corrected chi connectivity index (χ3v) is 3.22. The van der Waals surface area contributed by atoms with Gasteiger partial charge in [-0.1, -0.05) is 30.3 Å². The standard InChI is InChI=1S/C16H20N2O2.2ClH/c1-13-16(20-12-14-6-3-2-4-7-14)15(19)8-11-18(13)10-5-9-17;;/h2-4,6-8,11H,5,9-10,12,17H2,1H3;2*1H. The normalized spacial score (nSPS) is 9.55. The third-order valence-electron chi connectivity index (χ3n) is 3.22. The SMILES string of the molecule is Cc1c(OCc2ccccc2)c(=O)ccn1CCCN.Cl.Cl. The Morgan fingerprint density at radius 1 is 1.14 bits per heavy atom.